The second-order valence-electron chi connectivity index (χ2n) is 7.20. The third kappa shape index (κ3) is 4.06. The van der Waals surface area contributed by atoms with Crippen molar-refractivity contribution in [2.75, 3.05) is 23.3 Å². The number of carbonyl (C=O) groups excluding carboxylic acids is 1. The zero-order chi connectivity index (χ0) is 20.4. The van der Waals surface area contributed by atoms with E-state index in [2.05, 4.69) is 10.2 Å². The molecule has 4 rings (SSSR count). The molecule has 0 spiro atoms. The number of amides is 1. The Balaban J connectivity index is 1.54. The van der Waals surface area contributed by atoms with Gasteiger partial charge in [-0.05, 0) is 49.6 Å². The average Bonchev–Trinajstić information content (AvgIpc) is 3.10. The van der Waals surface area contributed by atoms with Crippen molar-refractivity contribution in [3.8, 4) is 0 Å². The van der Waals surface area contributed by atoms with Crippen LogP contribution in [-0.2, 0) is 11.3 Å². The second kappa shape index (κ2) is 7.90. The fourth-order valence-electron chi connectivity index (χ4n) is 3.80. The van der Waals surface area contributed by atoms with E-state index in [0.717, 1.165) is 37.1 Å². The van der Waals surface area contributed by atoms with E-state index < -0.39 is 10.7 Å². The van der Waals surface area contributed by atoms with Gasteiger partial charge in [-0.3, -0.25) is 14.9 Å². The molecule has 2 aromatic carbocycles. The lowest BCUT2D eigenvalue weighted by Crippen LogP contribution is -2.30. The minimum absolute atomic E-state index is 0.00522. The minimum Gasteiger partial charge on any atom is -0.370 e. The van der Waals surface area contributed by atoms with Crippen molar-refractivity contribution in [3.05, 3.63) is 64.6 Å². The quantitative estimate of drug-likeness (QED) is 0.515. The first kappa shape index (κ1) is 18.9. The van der Waals surface area contributed by atoms with E-state index in [9.17, 15) is 19.3 Å². The van der Waals surface area contributed by atoms with Crippen LogP contribution in [-0.4, -0.2) is 28.5 Å². The lowest BCUT2D eigenvalue weighted by atomic mass is 10.1. The minimum atomic E-state index is -0.449. The highest BCUT2D eigenvalue weighted by molar-refractivity contribution is 5.95. The van der Waals surface area contributed by atoms with Gasteiger partial charge < -0.3 is 14.8 Å². The van der Waals surface area contributed by atoms with Crippen molar-refractivity contribution in [2.45, 2.75) is 25.8 Å². The van der Waals surface area contributed by atoms with E-state index in [1.54, 1.807) is 29.0 Å². The van der Waals surface area contributed by atoms with Crippen LogP contribution in [0.5, 0.6) is 0 Å². The monoisotopic (exact) mass is 396 g/mol. The van der Waals surface area contributed by atoms with Crippen LogP contribution in [0.4, 0.5) is 21.5 Å². The number of nitro benzene ring substituents is 1. The molecule has 0 bridgehead atoms. The summed E-state index contributed by atoms with van der Waals surface area (Å²) in [5, 5.41) is 14.4. The third-order valence-electron chi connectivity index (χ3n) is 5.21. The van der Waals surface area contributed by atoms with Crippen LogP contribution in [0.25, 0.3) is 10.9 Å². The SMILES string of the molecule is O=C(Cn1ccc2cc([N+](=O)[O-])ccc21)Nc1cc(F)ccc1N1CCCCC1. The molecule has 0 aliphatic carbocycles. The highest BCUT2D eigenvalue weighted by atomic mass is 19.1. The molecular weight excluding hydrogens is 375 g/mol. The molecule has 150 valence electrons. The molecule has 3 aromatic rings. The number of rotatable bonds is 5. The van der Waals surface area contributed by atoms with Gasteiger partial charge in [-0.2, -0.15) is 0 Å². The molecule has 0 unspecified atom stereocenters. The fraction of sp³-hybridized carbons (Fsp3) is 0.286. The number of aromatic nitrogens is 1. The lowest BCUT2D eigenvalue weighted by molar-refractivity contribution is -0.384. The van der Waals surface area contributed by atoms with E-state index in [4.69, 9.17) is 0 Å². The lowest BCUT2D eigenvalue weighted by Gasteiger charge is -2.30. The summed E-state index contributed by atoms with van der Waals surface area (Å²) in [5.74, 6) is -0.690. The molecule has 1 saturated heterocycles. The van der Waals surface area contributed by atoms with E-state index >= 15 is 0 Å². The fourth-order valence-corrected chi connectivity index (χ4v) is 3.80. The van der Waals surface area contributed by atoms with Crippen LogP contribution >= 0.6 is 0 Å². The number of anilines is 2. The second-order valence-corrected chi connectivity index (χ2v) is 7.20. The molecule has 0 atom stereocenters. The number of piperidine rings is 1. The summed E-state index contributed by atoms with van der Waals surface area (Å²) in [4.78, 5) is 25.3. The molecule has 1 aromatic heterocycles. The van der Waals surface area contributed by atoms with Crippen molar-refractivity contribution in [1.29, 1.82) is 0 Å². The molecule has 1 amide bonds. The highest BCUT2D eigenvalue weighted by Crippen LogP contribution is 2.29. The molecule has 8 heteroatoms. The highest BCUT2D eigenvalue weighted by Gasteiger charge is 2.17. The van der Waals surface area contributed by atoms with Gasteiger partial charge in [0.2, 0.25) is 5.91 Å². The number of nitrogens with one attached hydrogen (secondary N) is 1. The summed E-state index contributed by atoms with van der Waals surface area (Å²) in [6.07, 6.45) is 5.04. The number of hydrogen-bond donors (Lipinski definition) is 1. The number of non-ortho nitro benzene ring substituents is 1. The van der Waals surface area contributed by atoms with Crippen molar-refractivity contribution >= 4 is 33.9 Å². The van der Waals surface area contributed by atoms with Gasteiger partial charge in [0.25, 0.3) is 5.69 Å². The molecule has 1 N–H and O–H groups in total. The van der Waals surface area contributed by atoms with Crippen molar-refractivity contribution < 1.29 is 14.1 Å². The van der Waals surface area contributed by atoms with Crippen LogP contribution in [0.3, 0.4) is 0 Å². The first-order valence-corrected chi connectivity index (χ1v) is 9.59. The molecule has 29 heavy (non-hydrogen) atoms. The Hall–Kier alpha value is -3.42. The summed E-state index contributed by atoms with van der Waals surface area (Å²) < 4.78 is 15.5. The molecular formula is C21H21FN4O3. The molecule has 1 aliphatic rings. The van der Waals surface area contributed by atoms with Gasteiger partial charge >= 0.3 is 0 Å². The van der Waals surface area contributed by atoms with Crippen LogP contribution in [0.2, 0.25) is 0 Å². The molecule has 2 heterocycles. The third-order valence-corrected chi connectivity index (χ3v) is 5.21. The number of hydrogen-bond acceptors (Lipinski definition) is 4. The summed E-state index contributed by atoms with van der Waals surface area (Å²) in [6, 6.07) is 10.7. The van der Waals surface area contributed by atoms with Gasteiger partial charge in [-0.25, -0.2) is 4.39 Å². The molecule has 1 aliphatic heterocycles. The van der Waals surface area contributed by atoms with Gasteiger partial charge in [-0.15, -0.1) is 0 Å². The number of halogens is 1. The smallest absolute Gasteiger partial charge is 0.270 e. The van der Waals surface area contributed by atoms with Crippen LogP contribution in [0.1, 0.15) is 19.3 Å². The van der Waals surface area contributed by atoms with Gasteiger partial charge in [-0.1, -0.05) is 0 Å². The van der Waals surface area contributed by atoms with Gasteiger partial charge in [0.05, 0.1) is 16.3 Å². The van der Waals surface area contributed by atoms with Gasteiger partial charge in [0.1, 0.15) is 12.4 Å². The summed E-state index contributed by atoms with van der Waals surface area (Å²) >= 11 is 0. The zero-order valence-corrected chi connectivity index (χ0v) is 15.8. The van der Waals surface area contributed by atoms with E-state index in [0.29, 0.717) is 11.1 Å². The van der Waals surface area contributed by atoms with Crippen LogP contribution < -0.4 is 10.2 Å². The Bertz CT molecular complexity index is 1070. The van der Waals surface area contributed by atoms with E-state index in [-0.39, 0.29) is 18.1 Å². The molecule has 0 saturated carbocycles. The number of fused-ring (bicyclic) bond motifs is 1. The topological polar surface area (TPSA) is 80.4 Å². The van der Waals surface area contributed by atoms with Crippen molar-refractivity contribution in [1.82, 2.24) is 4.57 Å². The maximum atomic E-state index is 13.8. The van der Waals surface area contributed by atoms with E-state index in [1.807, 2.05) is 0 Å². The Kier molecular flexibility index (Phi) is 5.16. The summed E-state index contributed by atoms with van der Waals surface area (Å²) in [6.45, 7) is 1.79. The Morgan fingerprint density at radius 3 is 2.66 bits per heavy atom. The molecule has 7 nitrogen and oxygen atoms in total. The predicted molar refractivity (Wildman–Crippen MR) is 110 cm³/mol. The Morgan fingerprint density at radius 1 is 1.10 bits per heavy atom. The number of nitrogens with zero attached hydrogens (tertiary/aromatic N) is 3. The Labute approximate surface area is 166 Å². The van der Waals surface area contributed by atoms with Gasteiger partial charge in [0, 0.05) is 42.3 Å². The maximum absolute atomic E-state index is 13.8. The molecule has 0 radical (unpaired) electrons. The average molecular weight is 396 g/mol. The van der Waals surface area contributed by atoms with Gasteiger partial charge in [0.15, 0.2) is 0 Å². The zero-order valence-electron chi connectivity index (χ0n) is 15.8. The summed E-state index contributed by atoms with van der Waals surface area (Å²) in [5.41, 5.74) is 2.02. The van der Waals surface area contributed by atoms with Crippen molar-refractivity contribution in [3.63, 3.8) is 0 Å². The Morgan fingerprint density at radius 2 is 1.90 bits per heavy atom. The van der Waals surface area contributed by atoms with Crippen molar-refractivity contribution in [2.24, 2.45) is 0 Å². The van der Waals surface area contributed by atoms with E-state index in [1.165, 1.54) is 30.7 Å². The van der Waals surface area contributed by atoms with Crippen LogP contribution in [0.15, 0.2) is 48.7 Å². The number of benzene rings is 2. The first-order chi connectivity index (χ1) is 14.0. The number of carbonyl (C=O) groups is 1. The predicted octanol–water partition coefficient (Wildman–Crippen LogP) is 4.32. The first-order valence-electron chi connectivity index (χ1n) is 9.59. The maximum Gasteiger partial charge on any atom is 0.270 e. The largest absolute Gasteiger partial charge is 0.370 e. The van der Waals surface area contributed by atoms with Crippen LogP contribution in [0, 0.1) is 15.9 Å². The number of nitro groups is 1. The normalized spacial score (nSPS) is 14.2. The standard InChI is InChI=1S/C21H21FN4O3/c22-16-4-6-20(24-9-2-1-3-10-24)18(13-16)23-21(27)14-25-11-8-15-12-17(26(28)29)5-7-19(15)25/h4-8,11-13H,1-3,9-10,14H2,(H,23,27). The molecule has 1 fully saturated rings. The summed E-state index contributed by atoms with van der Waals surface area (Å²) in [7, 11) is 0.